The predicted molar refractivity (Wildman–Crippen MR) is 73.0 cm³/mol. The van der Waals surface area contributed by atoms with Crippen LogP contribution < -0.4 is 10.1 Å². The molecule has 0 aromatic heterocycles. The average Bonchev–Trinajstić information content (AvgIpc) is 2.45. The summed E-state index contributed by atoms with van der Waals surface area (Å²) in [7, 11) is 0. The van der Waals surface area contributed by atoms with Crippen LogP contribution in [0.1, 0.15) is 31.2 Å². The zero-order valence-corrected chi connectivity index (χ0v) is 11.8. The first-order valence-corrected chi connectivity index (χ1v) is 7.20. The molecule has 1 heterocycles. The lowest BCUT2D eigenvalue weighted by molar-refractivity contribution is -0.274. The molecule has 0 saturated carbocycles. The van der Waals surface area contributed by atoms with Gasteiger partial charge < -0.3 is 14.8 Å². The Balaban J connectivity index is 1.77. The molecule has 1 atom stereocenters. The molecule has 21 heavy (non-hydrogen) atoms. The Morgan fingerprint density at radius 3 is 2.76 bits per heavy atom. The third-order valence-corrected chi connectivity index (χ3v) is 3.43. The highest BCUT2D eigenvalue weighted by Crippen LogP contribution is 2.26. The molecule has 6 heteroatoms. The van der Waals surface area contributed by atoms with Crippen LogP contribution in [0.15, 0.2) is 24.3 Å². The lowest BCUT2D eigenvalue weighted by Crippen LogP contribution is -2.25. The van der Waals surface area contributed by atoms with Gasteiger partial charge in [0.25, 0.3) is 0 Å². The summed E-state index contributed by atoms with van der Waals surface area (Å²) in [6, 6.07) is 6.19. The van der Waals surface area contributed by atoms with E-state index in [0.29, 0.717) is 18.7 Å². The van der Waals surface area contributed by atoms with Crippen molar-refractivity contribution in [3.8, 4) is 5.75 Å². The van der Waals surface area contributed by atoms with Crippen molar-refractivity contribution in [2.24, 2.45) is 0 Å². The van der Waals surface area contributed by atoms with E-state index in [1.807, 2.05) is 0 Å². The van der Waals surface area contributed by atoms with Gasteiger partial charge in [0.15, 0.2) is 0 Å². The second-order valence-corrected chi connectivity index (χ2v) is 5.11. The number of alkyl halides is 3. The molecule has 1 aromatic rings. The van der Waals surface area contributed by atoms with Crippen molar-refractivity contribution in [3.63, 3.8) is 0 Å². The molecule has 1 saturated heterocycles. The van der Waals surface area contributed by atoms with Gasteiger partial charge in [0.2, 0.25) is 0 Å². The van der Waals surface area contributed by atoms with E-state index >= 15 is 0 Å². The van der Waals surface area contributed by atoms with Crippen molar-refractivity contribution < 1.29 is 22.6 Å². The topological polar surface area (TPSA) is 30.5 Å². The zero-order chi connectivity index (χ0) is 15.1. The largest absolute Gasteiger partial charge is 0.573 e. The maximum Gasteiger partial charge on any atom is 0.573 e. The number of nitrogens with one attached hydrogen (secondary N) is 1. The van der Waals surface area contributed by atoms with Crippen LogP contribution in [-0.4, -0.2) is 25.6 Å². The van der Waals surface area contributed by atoms with Gasteiger partial charge in [-0.15, -0.1) is 13.2 Å². The van der Waals surface area contributed by atoms with E-state index in [1.54, 1.807) is 12.1 Å². The maximum atomic E-state index is 12.3. The van der Waals surface area contributed by atoms with Gasteiger partial charge in [-0.1, -0.05) is 18.2 Å². The molecular weight excluding hydrogens is 283 g/mol. The molecule has 1 aliphatic heterocycles. The van der Waals surface area contributed by atoms with E-state index in [-0.39, 0.29) is 11.9 Å². The van der Waals surface area contributed by atoms with Gasteiger partial charge in [0.05, 0.1) is 6.10 Å². The van der Waals surface area contributed by atoms with E-state index in [1.165, 1.54) is 18.6 Å². The van der Waals surface area contributed by atoms with Gasteiger partial charge in [0.1, 0.15) is 5.75 Å². The highest BCUT2D eigenvalue weighted by atomic mass is 19.4. The molecular formula is C15H20F3NO2. The quantitative estimate of drug-likeness (QED) is 0.814. The SMILES string of the molecule is FC(F)(F)Oc1ccccc1CNCCC1CCCCO1. The maximum absolute atomic E-state index is 12.3. The summed E-state index contributed by atoms with van der Waals surface area (Å²) in [4.78, 5) is 0. The van der Waals surface area contributed by atoms with Crippen LogP contribution in [0.5, 0.6) is 5.75 Å². The zero-order valence-electron chi connectivity index (χ0n) is 11.8. The second-order valence-electron chi connectivity index (χ2n) is 5.11. The molecule has 1 aromatic carbocycles. The second kappa shape index (κ2) is 7.66. The third-order valence-electron chi connectivity index (χ3n) is 3.43. The molecule has 1 aliphatic rings. The lowest BCUT2D eigenvalue weighted by Gasteiger charge is -2.22. The van der Waals surface area contributed by atoms with E-state index in [4.69, 9.17) is 4.74 Å². The minimum atomic E-state index is -4.66. The first-order chi connectivity index (χ1) is 10.0. The highest BCUT2D eigenvalue weighted by Gasteiger charge is 2.31. The Morgan fingerprint density at radius 1 is 1.24 bits per heavy atom. The first kappa shape index (κ1) is 16.1. The number of halogens is 3. The molecule has 0 amide bonds. The normalized spacial score (nSPS) is 19.5. The summed E-state index contributed by atoms with van der Waals surface area (Å²) in [5, 5.41) is 3.15. The van der Waals surface area contributed by atoms with Crippen molar-refractivity contribution in [1.29, 1.82) is 0 Å². The van der Waals surface area contributed by atoms with Crippen LogP contribution in [0.3, 0.4) is 0 Å². The standard InChI is InChI=1S/C15H20F3NO2/c16-15(17,18)21-14-7-2-1-5-12(14)11-19-9-8-13-6-3-4-10-20-13/h1-2,5,7,13,19H,3-4,6,8-11H2. The van der Waals surface area contributed by atoms with Crippen molar-refractivity contribution in [1.82, 2.24) is 5.32 Å². The Kier molecular flexibility index (Phi) is 5.87. The summed E-state index contributed by atoms with van der Waals surface area (Å²) < 4.78 is 46.5. The first-order valence-electron chi connectivity index (χ1n) is 7.20. The van der Waals surface area contributed by atoms with Gasteiger partial charge in [-0.05, 0) is 38.3 Å². The summed E-state index contributed by atoms with van der Waals surface area (Å²) in [5.41, 5.74) is 0.499. The lowest BCUT2D eigenvalue weighted by atomic mass is 10.1. The van der Waals surface area contributed by atoms with Gasteiger partial charge >= 0.3 is 6.36 Å². The molecule has 1 N–H and O–H groups in total. The average molecular weight is 303 g/mol. The molecule has 0 bridgehead atoms. The minimum absolute atomic E-state index is 0.147. The monoisotopic (exact) mass is 303 g/mol. The number of benzene rings is 1. The fourth-order valence-corrected chi connectivity index (χ4v) is 2.40. The molecule has 2 rings (SSSR count). The van der Waals surface area contributed by atoms with Crippen LogP contribution in [0.25, 0.3) is 0 Å². The van der Waals surface area contributed by atoms with Crippen LogP contribution in [0, 0.1) is 0 Å². The van der Waals surface area contributed by atoms with Gasteiger partial charge in [-0.2, -0.15) is 0 Å². The Labute approximate surface area is 122 Å². The number of hydrogen-bond acceptors (Lipinski definition) is 3. The van der Waals surface area contributed by atoms with E-state index < -0.39 is 6.36 Å². The predicted octanol–water partition coefficient (Wildman–Crippen LogP) is 3.63. The molecule has 1 unspecified atom stereocenters. The van der Waals surface area contributed by atoms with Crippen molar-refractivity contribution in [3.05, 3.63) is 29.8 Å². The van der Waals surface area contributed by atoms with E-state index in [2.05, 4.69) is 10.1 Å². The summed E-state index contributed by atoms with van der Waals surface area (Å²) in [5.74, 6) is -0.147. The summed E-state index contributed by atoms with van der Waals surface area (Å²) in [6.07, 6.45) is -0.143. The Morgan fingerprint density at radius 2 is 2.05 bits per heavy atom. The smallest absolute Gasteiger partial charge is 0.405 e. The van der Waals surface area contributed by atoms with Crippen LogP contribution in [0.4, 0.5) is 13.2 Å². The third kappa shape index (κ3) is 5.93. The Bertz CT molecular complexity index is 431. The summed E-state index contributed by atoms with van der Waals surface area (Å²) >= 11 is 0. The van der Waals surface area contributed by atoms with Crippen LogP contribution in [0.2, 0.25) is 0 Å². The van der Waals surface area contributed by atoms with Crippen LogP contribution in [-0.2, 0) is 11.3 Å². The number of para-hydroxylation sites is 1. The number of ether oxygens (including phenoxy) is 2. The minimum Gasteiger partial charge on any atom is -0.405 e. The number of hydrogen-bond donors (Lipinski definition) is 1. The summed E-state index contributed by atoms with van der Waals surface area (Å²) in [6.45, 7) is 1.87. The molecule has 3 nitrogen and oxygen atoms in total. The van der Waals surface area contributed by atoms with E-state index in [9.17, 15) is 13.2 Å². The van der Waals surface area contributed by atoms with Crippen molar-refractivity contribution >= 4 is 0 Å². The molecule has 0 aliphatic carbocycles. The molecule has 0 radical (unpaired) electrons. The molecule has 0 spiro atoms. The van der Waals surface area contributed by atoms with Crippen LogP contribution >= 0.6 is 0 Å². The Hall–Kier alpha value is -1.27. The molecule has 1 fully saturated rings. The highest BCUT2D eigenvalue weighted by molar-refractivity contribution is 5.33. The van der Waals surface area contributed by atoms with E-state index in [0.717, 1.165) is 25.9 Å². The van der Waals surface area contributed by atoms with Crippen molar-refractivity contribution in [2.45, 2.75) is 44.7 Å². The van der Waals surface area contributed by atoms with Gasteiger partial charge in [-0.3, -0.25) is 0 Å². The molecule has 118 valence electrons. The van der Waals surface area contributed by atoms with Crippen molar-refractivity contribution in [2.75, 3.05) is 13.2 Å². The number of rotatable bonds is 6. The van der Waals surface area contributed by atoms with Gasteiger partial charge in [0, 0.05) is 18.7 Å². The fraction of sp³-hybridized carbons (Fsp3) is 0.600. The fourth-order valence-electron chi connectivity index (χ4n) is 2.40. The van der Waals surface area contributed by atoms with Gasteiger partial charge in [-0.25, -0.2) is 0 Å².